The van der Waals surface area contributed by atoms with Gasteiger partial charge < -0.3 is 65.0 Å². The van der Waals surface area contributed by atoms with Crippen molar-refractivity contribution >= 4 is 29.8 Å². The van der Waals surface area contributed by atoms with E-state index < -0.39 is 139 Å². The first-order chi connectivity index (χ1) is 32.3. The number of carbonyl (C=O) groups is 5. The van der Waals surface area contributed by atoms with Crippen molar-refractivity contribution in [3.05, 3.63) is 57.4 Å². The summed E-state index contributed by atoms with van der Waals surface area (Å²) >= 11 is 0. The number of ether oxygens (including phenoxy) is 5. The van der Waals surface area contributed by atoms with Crippen LogP contribution >= 0.6 is 0 Å². The summed E-state index contributed by atoms with van der Waals surface area (Å²) in [5, 5.41) is 63.5. The maximum absolute atomic E-state index is 14.3. The summed E-state index contributed by atoms with van der Waals surface area (Å²) in [6.07, 6.45) is -2.68. The highest BCUT2D eigenvalue weighted by Gasteiger charge is 2.53. The maximum atomic E-state index is 14.3. The van der Waals surface area contributed by atoms with Crippen LogP contribution in [0.15, 0.2) is 46.2 Å². The van der Waals surface area contributed by atoms with Gasteiger partial charge >= 0.3 is 29.6 Å². The zero-order chi connectivity index (χ0) is 50.2. The van der Waals surface area contributed by atoms with Crippen molar-refractivity contribution < 1.29 is 78.3 Å². The van der Waals surface area contributed by atoms with E-state index >= 15 is 0 Å². The fraction of sp³-hybridized carbons (Fsp3) is 0.711. The number of aromatic amines is 1. The van der Waals surface area contributed by atoms with Crippen LogP contribution in [0.3, 0.4) is 0 Å². The molecular formula is C45H69N5O18. The summed E-state index contributed by atoms with van der Waals surface area (Å²) in [5.74, 6) is -5.70. The summed E-state index contributed by atoms with van der Waals surface area (Å²) < 4.78 is 30.0. The van der Waals surface area contributed by atoms with Gasteiger partial charge in [0.15, 0.2) is 18.6 Å². The third kappa shape index (κ3) is 15.6. The predicted octanol–water partition coefficient (Wildman–Crippen LogP) is -0.470. The molecule has 0 spiro atoms. The molecule has 3 aliphatic rings. The first kappa shape index (κ1) is 55.7. The lowest BCUT2D eigenvalue weighted by Gasteiger charge is -2.34. The number of hydrogen-bond acceptors (Lipinski definition) is 18. The Morgan fingerprint density at radius 1 is 0.897 bits per heavy atom. The van der Waals surface area contributed by atoms with Crippen LogP contribution in [0.4, 0.5) is 0 Å². The Hall–Kier alpha value is -4.85. The lowest BCUT2D eigenvalue weighted by atomic mass is 9.97. The molecule has 23 nitrogen and oxygen atoms in total. The Morgan fingerprint density at radius 3 is 2.21 bits per heavy atom. The van der Waals surface area contributed by atoms with Crippen LogP contribution in [0.25, 0.3) is 0 Å². The molecule has 3 fully saturated rings. The van der Waals surface area contributed by atoms with Crippen molar-refractivity contribution in [1.29, 1.82) is 0 Å². The minimum absolute atomic E-state index is 0.212. The number of esters is 2. The van der Waals surface area contributed by atoms with Gasteiger partial charge in [0, 0.05) is 51.7 Å². The Bertz CT molecular complexity index is 2010. The van der Waals surface area contributed by atoms with Gasteiger partial charge in [-0.3, -0.25) is 38.4 Å². The van der Waals surface area contributed by atoms with Crippen LogP contribution in [-0.2, 0) is 47.7 Å². The normalized spacial score (nSPS) is 29.3. The minimum atomic E-state index is -1.84. The van der Waals surface area contributed by atoms with E-state index in [0.717, 1.165) is 47.4 Å². The largest absolute Gasteiger partial charge is 0.481 e. The monoisotopic (exact) mass is 967 g/mol. The van der Waals surface area contributed by atoms with E-state index in [9.17, 15) is 64.2 Å². The molecule has 0 aromatic carbocycles. The number of carboxylic acid groups (broad SMARTS) is 2. The van der Waals surface area contributed by atoms with Crippen LogP contribution in [0.5, 0.6) is 0 Å². The molecule has 3 aliphatic heterocycles. The molecule has 382 valence electrons. The van der Waals surface area contributed by atoms with Gasteiger partial charge in [-0.15, -0.1) is 0 Å². The average Bonchev–Trinajstić information content (AvgIpc) is 3.68. The number of amides is 1. The zero-order valence-electron chi connectivity index (χ0n) is 38.9. The minimum Gasteiger partial charge on any atom is -0.481 e. The van der Waals surface area contributed by atoms with E-state index in [1.54, 1.807) is 6.92 Å². The summed E-state index contributed by atoms with van der Waals surface area (Å²) in [6.45, 7) is 3.10. The number of hydrogen-bond donors (Lipinski definition) is 8. The molecule has 9 N–H and O–H groups in total. The topological polar surface area (TPSA) is 340 Å². The van der Waals surface area contributed by atoms with E-state index in [0.29, 0.717) is 12.8 Å². The van der Waals surface area contributed by atoms with Crippen LogP contribution in [0.2, 0.25) is 0 Å². The highest BCUT2D eigenvalue weighted by molar-refractivity contribution is 5.88. The number of carbonyl (C=O) groups excluding carboxylic acids is 3. The SMILES string of the molecule is CCCCC/C=C\C/C=C\CCCC(CC(=O)OC1CN(C)C(CC(O[C@@H]2O[C@H](CN)[C@@H](O)[C@H]2O)[C@H]2O[C@@H](n3ccc(=O)[nH]c3=O)[C@H](O)[C@@H]2O)C(=O)N(C)C1C(=O)O)OC(=O)CC(C)CC(=O)O. The lowest BCUT2D eigenvalue weighted by Crippen LogP contribution is -2.53. The predicted molar refractivity (Wildman–Crippen MR) is 238 cm³/mol. The van der Waals surface area contributed by atoms with Crippen molar-refractivity contribution in [3.8, 4) is 0 Å². The molecule has 0 bridgehead atoms. The molecule has 3 saturated heterocycles. The summed E-state index contributed by atoms with van der Waals surface area (Å²) in [4.78, 5) is 93.7. The van der Waals surface area contributed by atoms with Crippen molar-refractivity contribution in [2.75, 3.05) is 27.2 Å². The molecule has 23 heteroatoms. The van der Waals surface area contributed by atoms with Crippen LogP contribution in [0.1, 0.15) is 97.1 Å². The first-order valence-electron chi connectivity index (χ1n) is 23.1. The smallest absolute Gasteiger partial charge is 0.330 e. The number of allylic oxidation sites excluding steroid dienone is 4. The lowest BCUT2D eigenvalue weighted by molar-refractivity contribution is -0.224. The molecule has 0 aliphatic carbocycles. The van der Waals surface area contributed by atoms with Crippen molar-refractivity contribution in [2.24, 2.45) is 11.7 Å². The van der Waals surface area contributed by atoms with Gasteiger partial charge in [0.1, 0.15) is 48.8 Å². The van der Waals surface area contributed by atoms with Crippen molar-refractivity contribution in [2.45, 2.75) is 170 Å². The van der Waals surface area contributed by atoms with Crippen LogP contribution in [-0.4, -0.2) is 180 Å². The molecule has 1 aromatic heterocycles. The van der Waals surface area contributed by atoms with Gasteiger partial charge in [0.05, 0.1) is 18.6 Å². The van der Waals surface area contributed by atoms with E-state index in [-0.39, 0.29) is 32.4 Å². The Kier molecular flexibility index (Phi) is 22.0. The van der Waals surface area contributed by atoms with Gasteiger partial charge in [-0.2, -0.15) is 0 Å². The van der Waals surface area contributed by atoms with E-state index in [4.69, 9.17) is 29.4 Å². The number of nitrogens with zero attached hydrogens (tertiary/aromatic N) is 3. The maximum Gasteiger partial charge on any atom is 0.330 e. The van der Waals surface area contributed by atoms with Gasteiger partial charge in [-0.25, -0.2) is 9.59 Å². The molecule has 6 unspecified atom stereocenters. The third-order valence-electron chi connectivity index (χ3n) is 12.2. The number of aliphatic hydroxyl groups excluding tert-OH is 4. The Morgan fingerprint density at radius 2 is 1.59 bits per heavy atom. The van der Waals surface area contributed by atoms with Crippen molar-refractivity contribution in [3.63, 3.8) is 0 Å². The first-order valence-corrected chi connectivity index (χ1v) is 23.1. The average molecular weight is 968 g/mol. The molecule has 14 atom stereocenters. The molecule has 4 rings (SSSR count). The molecular weight excluding hydrogens is 899 g/mol. The molecule has 0 saturated carbocycles. The van der Waals surface area contributed by atoms with E-state index in [2.05, 4.69) is 19.1 Å². The van der Waals surface area contributed by atoms with Crippen molar-refractivity contribution in [1.82, 2.24) is 19.4 Å². The molecule has 1 aromatic rings. The van der Waals surface area contributed by atoms with Crippen LogP contribution in [0, 0.1) is 5.92 Å². The number of carboxylic acids is 2. The summed E-state index contributed by atoms with van der Waals surface area (Å²) in [6, 6.07) is -2.13. The standard InChI is InChI=1S/C45H69N5O18/c1-5-6-7-8-9-10-11-12-13-14-15-16-26(64-33(54)20-25(2)19-32(52)53)21-34(55)65-30-24-48(3)27(41(60)49(4)35(30)43(61)62)22-28(66-44-39(59)36(56)29(23-46)67-44)40-37(57)38(58)42(68-40)50-18-17-31(51)47-45(50)63/h9-10,12-13,17-18,25-30,35-40,42,44,56-59H,5-8,11,14-16,19-24,46H2,1-4H3,(H,52,53)(H,61,62)(H,47,51,63)/b10-9-,13-12-/t25?,26?,27?,28?,29-,30?,35?,36-,37+,38-,39-,40-,42-,44-/m1/s1. The second-order valence-electron chi connectivity index (χ2n) is 17.7. The number of aliphatic carboxylic acids is 2. The number of likely N-dealkylation sites (N-methyl/N-ethyl adjacent to an activating group) is 2. The Labute approximate surface area is 393 Å². The number of H-pyrrole nitrogens is 1. The number of nitrogens with one attached hydrogen (secondary N) is 1. The number of aromatic nitrogens is 2. The van der Waals surface area contributed by atoms with Gasteiger partial charge in [-0.05, 0) is 51.5 Å². The van der Waals surface area contributed by atoms with E-state index in [1.165, 1.54) is 25.4 Å². The fourth-order valence-corrected chi connectivity index (χ4v) is 8.54. The summed E-state index contributed by atoms with van der Waals surface area (Å²) in [7, 11) is 2.60. The fourth-order valence-electron chi connectivity index (χ4n) is 8.54. The molecule has 0 radical (unpaired) electrons. The number of rotatable bonds is 26. The van der Waals surface area contributed by atoms with Gasteiger partial charge in [-0.1, -0.05) is 51.0 Å². The molecule has 4 heterocycles. The highest BCUT2D eigenvalue weighted by atomic mass is 16.7. The number of aliphatic hydroxyl groups is 4. The number of nitrogens with two attached hydrogens (primary N) is 1. The number of unbranched alkanes of at least 4 members (excludes halogenated alkanes) is 4. The molecule has 1 amide bonds. The highest BCUT2D eigenvalue weighted by Crippen LogP contribution is 2.36. The van der Waals surface area contributed by atoms with Gasteiger partial charge in [0.25, 0.3) is 5.56 Å². The van der Waals surface area contributed by atoms with E-state index in [1.807, 2.05) is 17.1 Å². The second-order valence-corrected chi connectivity index (χ2v) is 17.7. The summed E-state index contributed by atoms with van der Waals surface area (Å²) in [5.41, 5.74) is 3.96. The third-order valence-corrected chi connectivity index (χ3v) is 12.2. The van der Waals surface area contributed by atoms with Gasteiger partial charge in [0.2, 0.25) is 5.91 Å². The second kappa shape index (κ2) is 26.8. The molecule has 68 heavy (non-hydrogen) atoms. The van der Waals surface area contributed by atoms with Crippen LogP contribution < -0.4 is 17.0 Å². The zero-order valence-corrected chi connectivity index (χ0v) is 38.9. The quantitative estimate of drug-likeness (QED) is 0.0330. The Balaban J connectivity index is 1.54.